The van der Waals surface area contributed by atoms with Gasteiger partial charge in [0.05, 0.1) is 11.8 Å². The third-order valence-corrected chi connectivity index (χ3v) is 5.10. The van der Waals surface area contributed by atoms with E-state index in [0.717, 1.165) is 36.4 Å². The number of nitrogens with one attached hydrogen (secondary N) is 1. The van der Waals surface area contributed by atoms with Crippen molar-refractivity contribution in [1.82, 2.24) is 14.8 Å². The quantitative estimate of drug-likeness (QED) is 0.311. The lowest BCUT2D eigenvalue weighted by Gasteiger charge is -2.14. The number of carbonyl (C=O) groups is 1. The number of aromatic nitrogens is 3. The average Bonchev–Trinajstić information content (AvgIpc) is 3.24. The number of carbonyl (C=O) groups excluding carboxylic acids is 1. The van der Waals surface area contributed by atoms with Gasteiger partial charge in [0.2, 0.25) is 0 Å². The number of alkyl halides is 3. The zero-order valence-electron chi connectivity index (χ0n) is 17.6. The minimum Gasteiger partial charge on any atom is -0.453 e. The van der Waals surface area contributed by atoms with Crippen LogP contribution in [0.2, 0.25) is 5.02 Å². The molecule has 0 saturated heterocycles. The SMILES string of the molecule is Nc1nccc(Oc2ccc(NC(=O)c3cnn(-c4c(F)cccc4F)c3C(F)(F)F)cc2F)c1Cl. The van der Waals surface area contributed by atoms with Crippen molar-refractivity contribution >= 4 is 29.0 Å². The first kappa shape index (κ1) is 24.9. The Morgan fingerprint density at radius 2 is 1.72 bits per heavy atom. The molecule has 0 saturated carbocycles. The summed E-state index contributed by atoms with van der Waals surface area (Å²) in [6.07, 6.45) is -3.46. The summed E-state index contributed by atoms with van der Waals surface area (Å²) in [4.78, 5) is 16.4. The van der Waals surface area contributed by atoms with Gasteiger partial charge < -0.3 is 15.8 Å². The van der Waals surface area contributed by atoms with E-state index in [0.29, 0.717) is 6.20 Å². The van der Waals surface area contributed by atoms with Crippen LogP contribution in [0, 0.1) is 17.5 Å². The highest BCUT2D eigenvalue weighted by molar-refractivity contribution is 6.34. The van der Waals surface area contributed by atoms with Crippen LogP contribution in [0.25, 0.3) is 5.69 Å². The topological polar surface area (TPSA) is 95.1 Å². The van der Waals surface area contributed by atoms with Crippen molar-refractivity contribution in [1.29, 1.82) is 0 Å². The Balaban J connectivity index is 1.63. The van der Waals surface area contributed by atoms with Crippen molar-refractivity contribution in [2.24, 2.45) is 0 Å². The van der Waals surface area contributed by atoms with Crippen LogP contribution in [0.4, 0.5) is 37.8 Å². The molecule has 0 aliphatic carbocycles. The number of nitrogens with zero attached hydrogens (tertiary/aromatic N) is 3. The second-order valence-electron chi connectivity index (χ2n) is 7.10. The zero-order chi connectivity index (χ0) is 26.2. The first-order valence-corrected chi connectivity index (χ1v) is 10.1. The number of benzene rings is 2. The van der Waals surface area contributed by atoms with E-state index in [1.165, 1.54) is 12.3 Å². The van der Waals surface area contributed by atoms with E-state index in [1.54, 1.807) is 0 Å². The minimum absolute atomic E-state index is 0.0116. The molecule has 1 amide bonds. The minimum atomic E-state index is -5.23. The zero-order valence-corrected chi connectivity index (χ0v) is 18.3. The number of rotatable bonds is 5. The van der Waals surface area contributed by atoms with Crippen LogP contribution < -0.4 is 15.8 Å². The highest BCUT2D eigenvalue weighted by atomic mass is 35.5. The van der Waals surface area contributed by atoms with Gasteiger partial charge in [0, 0.05) is 24.0 Å². The van der Waals surface area contributed by atoms with Gasteiger partial charge in [0.1, 0.15) is 16.5 Å². The molecule has 2 aromatic carbocycles. The first-order valence-electron chi connectivity index (χ1n) is 9.75. The lowest BCUT2D eigenvalue weighted by Crippen LogP contribution is -2.21. The van der Waals surface area contributed by atoms with E-state index in [-0.39, 0.29) is 32.7 Å². The van der Waals surface area contributed by atoms with Crippen molar-refractivity contribution in [3.8, 4) is 17.2 Å². The number of pyridine rings is 1. The van der Waals surface area contributed by atoms with E-state index >= 15 is 0 Å². The fourth-order valence-electron chi connectivity index (χ4n) is 3.15. The lowest BCUT2D eigenvalue weighted by atomic mass is 10.2. The van der Waals surface area contributed by atoms with Crippen LogP contribution in [-0.4, -0.2) is 20.7 Å². The molecule has 36 heavy (non-hydrogen) atoms. The summed E-state index contributed by atoms with van der Waals surface area (Å²) in [5.74, 6) is -5.42. The predicted molar refractivity (Wildman–Crippen MR) is 117 cm³/mol. The maximum atomic E-state index is 14.6. The highest BCUT2D eigenvalue weighted by Gasteiger charge is 2.41. The third kappa shape index (κ3) is 4.77. The Morgan fingerprint density at radius 3 is 2.36 bits per heavy atom. The summed E-state index contributed by atoms with van der Waals surface area (Å²) in [7, 11) is 0. The third-order valence-electron chi connectivity index (χ3n) is 4.72. The number of hydrogen-bond donors (Lipinski definition) is 2. The summed E-state index contributed by atoms with van der Waals surface area (Å²) >= 11 is 5.94. The molecule has 0 spiro atoms. The van der Waals surface area contributed by atoms with Gasteiger partial charge in [-0.15, -0.1) is 0 Å². The highest BCUT2D eigenvalue weighted by Crippen LogP contribution is 2.36. The lowest BCUT2D eigenvalue weighted by molar-refractivity contribution is -0.143. The van der Waals surface area contributed by atoms with Crippen LogP contribution in [0.15, 0.2) is 54.9 Å². The summed E-state index contributed by atoms with van der Waals surface area (Å²) in [5, 5.41) is 5.38. The number of amides is 1. The van der Waals surface area contributed by atoms with Gasteiger partial charge in [-0.3, -0.25) is 4.79 Å². The summed E-state index contributed by atoms with van der Waals surface area (Å²) in [6.45, 7) is 0. The van der Waals surface area contributed by atoms with Crippen LogP contribution in [0.3, 0.4) is 0 Å². The van der Waals surface area contributed by atoms with Crippen molar-refractivity contribution < 1.29 is 35.9 Å². The average molecular weight is 528 g/mol. The van der Waals surface area contributed by atoms with E-state index in [9.17, 15) is 31.1 Å². The molecule has 4 rings (SSSR count). The van der Waals surface area contributed by atoms with Crippen molar-refractivity contribution in [3.63, 3.8) is 0 Å². The smallest absolute Gasteiger partial charge is 0.434 e. The van der Waals surface area contributed by atoms with E-state index in [4.69, 9.17) is 22.1 Å². The predicted octanol–water partition coefficient (Wildman–Crippen LogP) is 5.98. The maximum Gasteiger partial charge on any atom is 0.434 e. The van der Waals surface area contributed by atoms with Gasteiger partial charge in [-0.25, -0.2) is 22.8 Å². The van der Waals surface area contributed by atoms with Gasteiger partial charge in [-0.2, -0.15) is 18.3 Å². The number of hydrogen-bond acceptors (Lipinski definition) is 5. The summed E-state index contributed by atoms with van der Waals surface area (Å²) in [6, 6.07) is 6.75. The molecule has 0 unspecified atom stereocenters. The van der Waals surface area contributed by atoms with E-state index < -0.39 is 46.5 Å². The number of nitrogens with two attached hydrogens (primary N) is 1. The van der Waals surface area contributed by atoms with Gasteiger partial charge in [-0.05, 0) is 24.3 Å². The van der Waals surface area contributed by atoms with Crippen LogP contribution >= 0.6 is 11.6 Å². The normalized spacial score (nSPS) is 11.4. The summed E-state index contributed by atoms with van der Waals surface area (Å²) in [5.41, 5.74) is 1.41. The van der Waals surface area contributed by atoms with Crippen molar-refractivity contribution in [3.05, 3.63) is 88.6 Å². The van der Waals surface area contributed by atoms with Crippen LogP contribution in [-0.2, 0) is 6.18 Å². The number of halogens is 7. The molecule has 14 heteroatoms. The second kappa shape index (κ2) is 9.41. The van der Waals surface area contributed by atoms with E-state index in [1.807, 2.05) is 0 Å². The standard InChI is InChI=1S/C22H12ClF6N5O2/c23-17-16(6-7-31-20(17)30)36-15-5-4-10(8-14(15)26)33-21(35)11-9-32-34(19(11)22(27,28)29)18-12(24)2-1-3-13(18)25/h1-9H,(H2,30,31)(H,33,35). The fourth-order valence-corrected chi connectivity index (χ4v) is 3.30. The molecule has 0 aliphatic rings. The molecular weight excluding hydrogens is 516 g/mol. The van der Waals surface area contributed by atoms with Gasteiger partial charge in [-0.1, -0.05) is 17.7 Å². The fraction of sp³-hybridized carbons (Fsp3) is 0.0455. The Morgan fingerprint density at radius 1 is 1.03 bits per heavy atom. The number of anilines is 2. The molecule has 7 nitrogen and oxygen atoms in total. The molecule has 0 aliphatic heterocycles. The Bertz CT molecular complexity index is 1450. The molecule has 3 N–H and O–H groups in total. The van der Waals surface area contributed by atoms with Gasteiger partial charge in [0.15, 0.2) is 34.6 Å². The largest absolute Gasteiger partial charge is 0.453 e. The van der Waals surface area contributed by atoms with Crippen LogP contribution in [0.5, 0.6) is 11.5 Å². The summed E-state index contributed by atoms with van der Waals surface area (Å²) < 4.78 is 89.4. The molecule has 0 atom stereocenters. The molecule has 0 radical (unpaired) electrons. The molecule has 2 heterocycles. The number of ether oxygens (including phenoxy) is 1. The molecule has 186 valence electrons. The Hall–Kier alpha value is -4.26. The second-order valence-corrected chi connectivity index (χ2v) is 7.47. The van der Waals surface area contributed by atoms with E-state index in [2.05, 4.69) is 15.4 Å². The van der Waals surface area contributed by atoms with Crippen molar-refractivity contribution in [2.75, 3.05) is 11.1 Å². The Kier molecular flexibility index (Phi) is 6.50. The van der Waals surface area contributed by atoms with Gasteiger partial charge in [0.25, 0.3) is 5.91 Å². The van der Waals surface area contributed by atoms with Gasteiger partial charge >= 0.3 is 6.18 Å². The molecule has 0 bridgehead atoms. The number of nitrogen functional groups attached to an aromatic ring is 1. The number of para-hydroxylation sites is 1. The maximum absolute atomic E-state index is 14.6. The molecule has 4 aromatic rings. The first-order chi connectivity index (χ1) is 17.0. The molecular formula is C22H12ClF6N5O2. The van der Waals surface area contributed by atoms with Crippen molar-refractivity contribution in [2.45, 2.75) is 6.18 Å². The monoisotopic (exact) mass is 527 g/mol. The molecule has 2 aromatic heterocycles. The Labute approximate surface area is 203 Å². The van der Waals surface area contributed by atoms with Crippen LogP contribution in [0.1, 0.15) is 16.1 Å². The molecule has 0 fully saturated rings.